The fraction of sp³-hybridized carbons (Fsp3) is 0.412. The average Bonchev–Trinajstić information content (AvgIpc) is 3.30. The summed E-state index contributed by atoms with van der Waals surface area (Å²) in [6.07, 6.45) is 13.2. The number of aromatic nitrogens is 2. The number of methoxy groups -OCH3 is 1. The van der Waals surface area contributed by atoms with E-state index in [1.807, 2.05) is 24.0 Å². The van der Waals surface area contributed by atoms with Crippen molar-refractivity contribution in [3.8, 4) is 5.75 Å². The minimum Gasteiger partial charge on any atom is -0.495 e. The zero-order valence-corrected chi connectivity index (χ0v) is 13.5. The Kier molecular flexibility index (Phi) is 5.16. The molecule has 0 aromatic carbocycles. The first-order valence-electron chi connectivity index (χ1n) is 7.53. The highest BCUT2D eigenvalue weighted by Crippen LogP contribution is 2.41. The first-order chi connectivity index (χ1) is 10.9. The van der Waals surface area contributed by atoms with E-state index in [1.165, 1.54) is 24.1 Å². The molecule has 116 valence electrons. The maximum atomic E-state index is 5.16. The van der Waals surface area contributed by atoms with Crippen LogP contribution in [0.3, 0.4) is 0 Å². The summed E-state index contributed by atoms with van der Waals surface area (Å²) in [5.74, 6) is 3.53. The second kappa shape index (κ2) is 7.49. The quantitative estimate of drug-likeness (QED) is 0.680. The largest absolute Gasteiger partial charge is 0.495 e. The molecule has 2 aromatic heterocycles. The molecule has 1 fully saturated rings. The Morgan fingerprint density at radius 3 is 3.14 bits per heavy atom. The molecule has 0 N–H and O–H groups in total. The van der Waals surface area contributed by atoms with Gasteiger partial charge >= 0.3 is 0 Å². The third-order valence-electron chi connectivity index (χ3n) is 3.61. The van der Waals surface area contributed by atoms with Gasteiger partial charge < -0.3 is 9.26 Å². The highest BCUT2D eigenvalue weighted by Gasteiger charge is 2.28. The summed E-state index contributed by atoms with van der Waals surface area (Å²) >= 11 is 1.92. The summed E-state index contributed by atoms with van der Waals surface area (Å²) in [5, 5.41) is 4.13. The van der Waals surface area contributed by atoms with Crippen LogP contribution in [0.25, 0.3) is 6.08 Å². The van der Waals surface area contributed by atoms with E-state index in [0.29, 0.717) is 5.92 Å². The Hall–Kier alpha value is -1.75. The normalized spacial score (nSPS) is 14.6. The van der Waals surface area contributed by atoms with E-state index in [0.717, 1.165) is 29.2 Å². The van der Waals surface area contributed by atoms with E-state index in [1.54, 1.807) is 19.6 Å². The Morgan fingerprint density at radius 2 is 2.32 bits per heavy atom. The predicted molar refractivity (Wildman–Crippen MR) is 89.1 cm³/mol. The molecule has 3 rings (SSSR count). The van der Waals surface area contributed by atoms with Crippen molar-refractivity contribution in [2.24, 2.45) is 0 Å². The van der Waals surface area contributed by atoms with E-state index in [4.69, 9.17) is 9.26 Å². The molecule has 0 amide bonds. The predicted octanol–water partition coefficient (Wildman–Crippen LogP) is 4.29. The molecular formula is C17H20N2O2S. The highest BCUT2D eigenvalue weighted by atomic mass is 32.2. The fourth-order valence-corrected chi connectivity index (χ4v) is 3.14. The molecule has 1 aliphatic rings. The Labute approximate surface area is 134 Å². The van der Waals surface area contributed by atoms with Crippen molar-refractivity contribution < 1.29 is 9.26 Å². The highest BCUT2D eigenvalue weighted by molar-refractivity contribution is 7.98. The van der Waals surface area contributed by atoms with Gasteiger partial charge in [0, 0.05) is 23.4 Å². The van der Waals surface area contributed by atoms with Crippen LogP contribution in [-0.4, -0.2) is 23.0 Å². The molecule has 0 bridgehead atoms. The van der Waals surface area contributed by atoms with E-state index < -0.39 is 0 Å². The van der Waals surface area contributed by atoms with Crippen molar-refractivity contribution in [3.05, 3.63) is 47.6 Å². The van der Waals surface area contributed by atoms with Crippen LogP contribution in [0.2, 0.25) is 0 Å². The van der Waals surface area contributed by atoms with Crippen molar-refractivity contribution in [1.29, 1.82) is 0 Å². The minimum atomic E-state index is 0.662. The lowest BCUT2D eigenvalue weighted by atomic mass is 10.2. The molecule has 0 saturated heterocycles. The van der Waals surface area contributed by atoms with Gasteiger partial charge in [-0.1, -0.05) is 17.3 Å². The first-order valence-corrected chi connectivity index (χ1v) is 8.69. The SMILES string of the molecule is COc1cncc(/C=C/CCSCc2conc2C2CC2)c1. The van der Waals surface area contributed by atoms with Gasteiger partial charge in [-0.15, -0.1) is 0 Å². The van der Waals surface area contributed by atoms with Gasteiger partial charge in [-0.2, -0.15) is 11.8 Å². The van der Waals surface area contributed by atoms with E-state index in [-0.39, 0.29) is 0 Å². The zero-order valence-electron chi connectivity index (χ0n) is 12.7. The summed E-state index contributed by atoms with van der Waals surface area (Å²) in [5.41, 5.74) is 3.53. The van der Waals surface area contributed by atoms with Crippen molar-refractivity contribution >= 4 is 17.8 Å². The van der Waals surface area contributed by atoms with Gasteiger partial charge in [0.1, 0.15) is 12.0 Å². The van der Waals surface area contributed by atoms with Crippen molar-refractivity contribution in [1.82, 2.24) is 10.1 Å². The van der Waals surface area contributed by atoms with E-state index in [9.17, 15) is 0 Å². The van der Waals surface area contributed by atoms with Gasteiger partial charge in [-0.05, 0) is 36.6 Å². The van der Waals surface area contributed by atoms with Gasteiger partial charge in [-0.25, -0.2) is 0 Å². The van der Waals surface area contributed by atoms with Crippen LogP contribution < -0.4 is 4.74 Å². The van der Waals surface area contributed by atoms with Crippen LogP contribution in [0.1, 0.15) is 42.0 Å². The molecule has 1 saturated carbocycles. The first kappa shape index (κ1) is 15.2. The third kappa shape index (κ3) is 4.13. The van der Waals surface area contributed by atoms with Crippen molar-refractivity contribution in [3.63, 3.8) is 0 Å². The summed E-state index contributed by atoms with van der Waals surface area (Å²) in [4.78, 5) is 4.14. The fourth-order valence-electron chi connectivity index (χ4n) is 2.26. The van der Waals surface area contributed by atoms with Gasteiger partial charge in [0.2, 0.25) is 0 Å². The molecule has 0 atom stereocenters. The smallest absolute Gasteiger partial charge is 0.137 e. The van der Waals surface area contributed by atoms with E-state index in [2.05, 4.69) is 22.3 Å². The van der Waals surface area contributed by atoms with Gasteiger partial charge in [0.05, 0.1) is 19.0 Å². The van der Waals surface area contributed by atoms with Gasteiger partial charge in [0.25, 0.3) is 0 Å². The molecule has 0 unspecified atom stereocenters. The number of hydrogen-bond donors (Lipinski definition) is 0. The lowest BCUT2D eigenvalue weighted by Crippen LogP contribution is -1.88. The van der Waals surface area contributed by atoms with Crippen molar-refractivity contribution in [2.45, 2.75) is 30.9 Å². The molecule has 5 heteroatoms. The standard InChI is InChI=1S/C17H20N2O2S/c1-20-16-8-13(9-18-10-16)4-2-3-7-22-12-15-11-21-19-17(15)14-5-6-14/h2,4,8-11,14H,3,5-7,12H2,1H3/b4-2+. The minimum absolute atomic E-state index is 0.662. The van der Waals surface area contributed by atoms with Crippen LogP contribution in [0, 0.1) is 0 Å². The summed E-state index contributed by atoms with van der Waals surface area (Å²) in [6.45, 7) is 0. The number of thioether (sulfide) groups is 1. The summed E-state index contributed by atoms with van der Waals surface area (Å²) < 4.78 is 10.3. The van der Waals surface area contributed by atoms with Crippen LogP contribution in [0.15, 0.2) is 35.3 Å². The van der Waals surface area contributed by atoms with Gasteiger partial charge in [0.15, 0.2) is 0 Å². The Bertz CT molecular complexity index is 635. The van der Waals surface area contributed by atoms with Crippen LogP contribution in [0.4, 0.5) is 0 Å². The lowest BCUT2D eigenvalue weighted by Gasteiger charge is -2.00. The second-order valence-electron chi connectivity index (χ2n) is 5.40. The number of rotatable bonds is 8. The average molecular weight is 316 g/mol. The number of hydrogen-bond acceptors (Lipinski definition) is 5. The van der Waals surface area contributed by atoms with Gasteiger partial charge in [-0.3, -0.25) is 4.98 Å². The maximum absolute atomic E-state index is 5.16. The van der Waals surface area contributed by atoms with Crippen LogP contribution in [-0.2, 0) is 5.75 Å². The molecular weight excluding hydrogens is 296 g/mol. The van der Waals surface area contributed by atoms with E-state index >= 15 is 0 Å². The maximum Gasteiger partial charge on any atom is 0.137 e. The van der Waals surface area contributed by atoms with Crippen LogP contribution >= 0.6 is 11.8 Å². The molecule has 22 heavy (non-hydrogen) atoms. The van der Waals surface area contributed by atoms with Crippen LogP contribution in [0.5, 0.6) is 5.75 Å². The Balaban J connectivity index is 1.39. The molecule has 0 aliphatic heterocycles. The number of pyridine rings is 1. The van der Waals surface area contributed by atoms with Crippen molar-refractivity contribution in [2.75, 3.05) is 12.9 Å². The molecule has 1 aliphatic carbocycles. The third-order valence-corrected chi connectivity index (χ3v) is 4.65. The summed E-state index contributed by atoms with van der Waals surface area (Å²) in [6, 6.07) is 1.98. The zero-order chi connectivity index (χ0) is 15.2. The number of allylic oxidation sites excluding steroid dienone is 1. The molecule has 4 nitrogen and oxygen atoms in total. The lowest BCUT2D eigenvalue weighted by molar-refractivity contribution is 0.411. The number of ether oxygens (including phenoxy) is 1. The number of nitrogens with zero attached hydrogens (tertiary/aromatic N) is 2. The monoisotopic (exact) mass is 316 g/mol. The molecule has 2 aromatic rings. The second-order valence-corrected chi connectivity index (χ2v) is 6.51. The topological polar surface area (TPSA) is 48.2 Å². The molecule has 0 radical (unpaired) electrons. The molecule has 2 heterocycles. The summed E-state index contributed by atoms with van der Waals surface area (Å²) in [7, 11) is 1.65. The Morgan fingerprint density at radius 1 is 1.41 bits per heavy atom. The molecule has 0 spiro atoms.